The van der Waals surface area contributed by atoms with Crippen molar-refractivity contribution >= 4 is 17.5 Å². The normalized spacial score (nSPS) is 11.2. The molecule has 1 aromatic heterocycles. The van der Waals surface area contributed by atoms with E-state index in [1.165, 1.54) is 17.3 Å². The van der Waals surface area contributed by atoms with Crippen LogP contribution in [0.25, 0.3) is 0 Å². The molecule has 0 amide bonds. The van der Waals surface area contributed by atoms with E-state index in [0.29, 0.717) is 28.2 Å². The molecule has 0 unspecified atom stereocenters. The van der Waals surface area contributed by atoms with Gasteiger partial charge < -0.3 is 9.67 Å². The maximum atomic E-state index is 12.3. The van der Waals surface area contributed by atoms with Gasteiger partial charge in [-0.2, -0.15) is 0 Å². The van der Waals surface area contributed by atoms with E-state index >= 15 is 0 Å². The minimum absolute atomic E-state index is 0.0712. The molecule has 0 aliphatic heterocycles. The summed E-state index contributed by atoms with van der Waals surface area (Å²) in [7, 11) is 0. The molecule has 23 heavy (non-hydrogen) atoms. The van der Waals surface area contributed by atoms with Crippen molar-refractivity contribution in [2.75, 3.05) is 5.75 Å². The largest absolute Gasteiger partial charge is 0.388 e. The lowest BCUT2D eigenvalue weighted by molar-refractivity contribution is 0.102. The highest BCUT2D eigenvalue weighted by Crippen LogP contribution is 2.20. The molecule has 2 aromatic rings. The number of ketones is 1. The zero-order valence-corrected chi connectivity index (χ0v) is 14.6. The number of hydrogen-bond donors (Lipinski definition) is 1. The number of aromatic nitrogens is 3. The number of hydrogen-bond acceptors (Lipinski definition) is 5. The van der Waals surface area contributed by atoms with Crippen LogP contribution in [0.4, 0.5) is 0 Å². The molecule has 0 radical (unpaired) electrons. The van der Waals surface area contributed by atoms with E-state index in [9.17, 15) is 9.90 Å². The lowest BCUT2D eigenvalue weighted by Gasteiger charge is -2.08. The standard InChI is InChI=1S/C17H23N3O2S/c1-4-9-20-16(10-21)18-19-17(20)23-11-15(22)14-7-5-13(6-8-14)12(2)3/h5-8,12,21H,4,9-11H2,1-3H3. The third kappa shape index (κ3) is 4.42. The zero-order valence-electron chi connectivity index (χ0n) is 13.8. The zero-order chi connectivity index (χ0) is 16.8. The van der Waals surface area contributed by atoms with Crippen LogP contribution < -0.4 is 0 Å². The van der Waals surface area contributed by atoms with E-state index in [1.807, 2.05) is 28.8 Å². The van der Waals surface area contributed by atoms with Crippen LogP contribution in [0, 0.1) is 0 Å². The third-order valence-electron chi connectivity index (χ3n) is 3.61. The van der Waals surface area contributed by atoms with Crippen LogP contribution in [0.15, 0.2) is 29.4 Å². The summed E-state index contributed by atoms with van der Waals surface area (Å²) in [4.78, 5) is 12.3. The fourth-order valence-corrected chi connectivity index (χ4v) is 3.14. The molecular weight excluding hydrogens is 310 g/mol. The Labute approximate surface area is 141 Å². The predicted molar refractivity (Wildman–Crippen MR) is 91.8 cm³/mol. The molecule has 1 N–H and O–H groups in total. The van der Waals surface area contributed by atoms with Crippen LogP contribution in [-0.4, -0.2) is 31.4 Å². The lowest BCUT2D eigenvalue weighted by atomic mass is 10.0. The van der Waals surface area contributed by atoms with E-state index in [0.717, 1.165) is 13.0 Å². The molecule has 0 saturated carbocycles. The second kappa shape index (κ2) is 8.26. The SMILES string of the molecule is CCCn1c(CO)nnc1SCC(=O)c1ccc(C(C)C)cc1. The van der Waals surface area contributed by atoms with Gasteiger partial charge in [-0.15, -0.1) is 10.2 Å². The monoisotopic (exact) mass is 333 g/mol. The maximum Gasteiger partial charge on any atom is 0.191 e. The van der Waals surface area contributed by atoms with Crippen molar-refractivity contribution in [1.82, 2.24) is 14.8 Å². The van der Waals surface area contributed by atoms with E-state index < -0.39 is 0 Å². The molecule has 0 fully saturated rings. The second-order valence-electron chi connectivity index (χ2n) is 5.70. The predicted octanol–water partition coefficient (Wildman–Crippen LogP) is 3.28. The summed E-state index contributed by atoms with van der Waals surface area (Å²) >= 11 is 1.37. The first kappa shape index (κ1) is 17.7. The van der Waals surface area contributed by atoms with Gasteiger partial charge in [-0.3, -0.25) is 4.79 Å². The van der Waals surface area contributed by atoms with Crippen molar-refractivity contribution in [2.45, 2.75) is 51.4 Å². The van der Waals surface area contributed by atoms with Crippen LogP contribution in [0.1, 0.15) is 54.9 Å². The van der Waals surface area contributed by atoms with Gasteiger partial charge in [0.25, 0.3) is 0 Å². The number of aliphatic hydroxyl groups excluding tert-OH is 1. The van der Waals surface area contributed by atoms with Gasteiger partial charge in [0.2, 0.25) is 0 Å². The minimum atomic E-state index is -0.141. The number of carbonyl (C=O) groups is 1. The summed E-state index contributed by atoms with van der Waals surface area (Å²) in [6, 6.07) is 7.78. The fourth-order valence-electron chi connectivity index (χ4n) is 2.26. The summed E-state index contributed by atoms with van der Waals surface area (Å²) in [5.74, 6) is 1.39. The number of aliphatic hydroxyl groups is 1. The number of benzene rings is 1. The fraction of sp³-hybridized carbons (Fsp3) is 0.471. The number of nitrogens with zero attached hydrogens (tertiary/aromatic N) is 3. The third-order valence-corrected chi connectivity index (χ3v) is 4.58. The molecule has 0 aliphatic carbocycles. The first-order chi connectivity index (χ1) is 11.1. The molecule has 0 spiro atoms. The van der Waals surface area contributed by atoms with Crippen LogP contribution in [0.5, 0.6) is 0 Å². The van der Waals surface area contributed by atoms with Crippen molar-refractivity contribution in [3.63, 3.8) is 0 Å². The topological polar surface area (TPSA) is 68.0 Å². The van der Waals surface area contributed by atoms with Crippen LogP contribution >= 0.6 is 11.8 Å². The van der Waals surface area contributed by atoms with Crippen LogP contribution in [0.3, 0.4) is 0 Å². The van der Waals surface area contributed by atoms with Gasteiger partial charge in [0.05, 0.1) is 5.75 Å². The van der Waals surface area contributed by atoms with Gasteiger partial charge in [-0.05, 0) is 17.9 Å². The van der Waals surface area contributed by atoms with Crippen LogP contribution in [0.2, 0.25) is 0 Å². The molecule has 0 bridgehead atoms. The quantitative estimate of drug-likeness (QED) is 0.593. The van der Waals surface area contributed by atoms with Gasteiger partial charge in [0.15, 0.2) is 16.8 Å². The average Bonchev–Trinajstić information content (AvgIpc) is 2.95. The summed E-state index contributed by atoms with van der Waals surface area (Å²) in [6.07, 6.45) is 0.920. The summed E-state index contributed by atoms with van der Waals surface area (Å²) in [5, 5.41) is 18.0. The van der Waals surface area contributed by atoms with Gasteiger partial charge >= 0.3 is 0 Å². The van der Waals surface area contributed by atoms with Gasteiger partial charge in [-0.25, -0.2) is 0 Å². The Morgan fingerprint density at radius 1 is 1.26 bits per heavy atom. The molecule has 1 aromatic carbocycles. The molecule has 1 heterocycles. The first-order valence-corrected chi connectivity index (χ1v) is 8.84. The highest BCUT2D eigenvalue weighted by Gasteiger charge is 2.14. The van der Waals surface area contributed by atoms with Crippen LogP contribution in [-0.2, 0) is 13.2 Å². The Morgan fingerprint density at radius 2 is 1.96 bits per heavy atom. The molecule has 124 valence electrons. The average molecular weight is 333 g/mol. The van der Waals surface area contributed by atoms with E-state index in [1.54, 1.807) is 0 Å². The number of thioether (sulfide) groups is 1. The van der Waals surface area contributed by atoms with E-state index in [4.69, 9.17) is 0 Å². The second-order valence-corrected chi connectivity index (χ2v) is 6.64. The Balaban J connectivity index is 2.03. The Hall–Kier alpha value is -1.66. The Kier molecular flexibility index (Phi) is 6.36. The van der Waals surface area contributed by atoms with Gasteiger partial charge in [-0.1, -0.05) is 56.8 Å². The lowest BCUT2D eigenvalue weighted by Crippen LogP contribution is -2.07. The summed E-state index contributed by atoms with van der Waals surface area (Å²) in [6.45, 7) is 6.91. The number of carbonyl (C=O) groups excluding carboxylic acids is 1. The molecule has 6 heteroatoms. The number of rotatable bonds is 8. The Morgan fingerprint density at radius 3 is 2.52 bits per heavy atom. The molecule has 0 saturated heterocycles. The number of Topliss-reactive ketones (excluding diaryl/α,β-unsaturated/α-hetero) is 1. The Bertz CT molecular complexity index is 650. The van der Waals surface area contributed by atoms with Crippen molar-refractivity contribution in [1.29, 1.82) is 0 Å². The van der Waals surface area contributed by atoms with E-state index in [-0.39, 0.29) is 12.4 Å². The first-order valence-electron chi connectivity index (χ1n) is 7.85. The maximum absolute atomic E-state index is 12.3. The minimum Gasteiger partial charge on any atom is -0.388 e. The highest BCUT2D eigenvalue weighted by molar-refractivity contribution is 7.99. The van der Waals surface area contributed by atoms with Crippen molar-refractivity contribution in [2.24, 2.45) is 0 Å². The summed E-state index contributed by atoms with van der Waals surface area (Å²) < 4.78 is 1.87. The van der Waals surface area contributed by atoms with Gasteiger partial charge in [0, 0.05) is 12.1 Å². The van der Waals surface area contributed by atoms with Crippen molar-refractivity contribution < 1.29 is 9.90 Å². The van der Waals surface area contributed by atoms with Crippen molar-refractivity contribution in [3.8, 4) is 0 Å². The van der Waals surface area contributed by atoms with Crippen molar-refractivity contribution in [3.05, 3.63) is 41.2 Å². The van der Waals surface area contributed by atoms with Gasteiger partial charge in [0.1, 0.15) is 6.61 Å². The van der Waals surface area contributed by atoms with E-state index in [2.05, 4.69) is 31.0 Å². The molecule has 0 atom stereocenters. The highest BCUT2D eigenvalue weighted by atomic mass is 32.2. The molecule has 2 rings (SSSR count). The smallest absolute Gasteiger partial charge is 0.191 e. The molecular formula is C17H23N3O2S. The molecule has 0 aliphatic rings. The summed E-state index contributed by atoms with van der Waals surface area (Å²) in [5.41, 5.74) is 1.94. The molecule has 5 nitrogen and oxygen atoms in total.